The first kappa shape index (κ1) is 12.7. The summed E-state index contributed by atoms with van der Waals surface area (Å²) in [5, 5.41) is 3.16. The first-order valence-electron chi connectivity index (χ1n) is 6.36. The van der Waals surface area contributed by atoms with Crippen molar-refractivity contribution in [3.8, 4) is 0 Å². The van der Waals surface area contributed by atoms with Crippen LogP contribution in [0.1, 0.15) is 32.6 Å². The van der Waals surface area contributed by atoms with E-state index in [1.54, 1.807) is 7.05 Å². The van der Waals surface area contributed by atoms with Crippen LogP contribution in [0.25, 0.3) is 0 Å². The number of H-pyrrole nitrogens is 1. The second-order valence-electron chi connectivity index (χ2n) is 5.06. The number of hydrogen-bond donors (Lipinski definition) is 3. The molecule has 0 radical (unpaired) electrons. The van der Waals surface area contributed by atoms with Crippen molar-refractivity contribution >= 4 is 11.5 Å². The number of anilines is 2. The highest BCUT2D eigenvalue weighted by Gasteiger charge is 2.23. The molecule has 1 heterocycles. The molecule has 1 aliphatic carbocycles. The zero-order chi connectivity index (χ0) is 13.3. The van der Waals surface area contributed by atoms with E-state index in [1.165, 1.54) is 30.3 Å². The number of aromatic amines is 1. The van der Waals surface area contributed by atoms with Gasteiger partial charge in [0.15, 0.2) is 0 Å². The predicted molar refractivity (Wildman–Crippen MR) is 71.8 cm³/mol. The zero-order valence-corrected chi connectivity index (χ0v) is 10.8. The van der Waals surface area contributed by atoms with Gasteiger partial charge in [0.2, 0.25) is 0 Å². The molecule has 1 aromatic rings. The normalized spacial score (nSPS) is 17.9. The SMILES string of the molecule is CC(Nc1c(N)n(C)c(=O)[nH]c1=O)C1CCCC1. The number of hydrogen-bond acceptors (Lipinski definition) is 4. The van der Waals surface area contributed by atoms with E-state index in [0.717, 1.165) is 0 Å². The molecule has 18 heavy (non-hydrogen) atoms. The molecule has 0 saturated heterocycles. The molecule has 0 amide bonds. The van der Waals surface area contributed by atoms with Gasteiger partial charge in [0, 0.05) is 13.1 Å². The van der Waals surface area contributed by atoms with Crippen molar-refractivity contribution in [2.45, 2.75) is 38.6 Å². The number of aromatic nitrogens is 2. The smallest absolute Gasteiger partial charge is 0.329 e. The molecule has 6 heteroatoms. The molecule has 0 bridgehead atoms. The molecule has 1 atom stereocenters. The number of nitrogens with two attached hydrogens (primary N) is 1. The monoisotopic (exact) mass is 252 g/mol. The molecule has 100 valence electrons. The van der Waals surface area contributed by atoms with Crippen LogP contribution in [0.2, 0.25) is 0 Å². The standard InChI is InChI=1S/C12H20N4O2/c1-7(8-5-3-4-6-8)14-9-10(13)16(2)12(18)15-11(9)17/h7-8,14H,3-6,13H2,1-2H3,(H,15,17,18). The number of nitrogens with one attached hydrogen (secondary N) is 2. The number of nitrogens with zero attached hydrogens (tertiary/aromatic N) is 1. The van der Waals surface area contributed by atoms with Crippen LogP contribution in [-0.4, -0.2) is 15.6 Å². The number of nitrogen functional groups attached to an aromatic ring is 1. The van der Waals surface area contributed by atoms with Gasteiger partial charge in [-0.05, 0) is 25.7 Å². The van der Waals surface area contributed by atoms with Gasteiger partial charge < -0.3 is 11.1 Å². The largest absolute Gasteiger partial charge is 0.383 e. The summed E-state index contributed by atoms with van der Waals surface area (Å²) >= 11 is 0. The number of rotatable bonds is 3. The van der Waals surface area contributed by atoms with Crippen molar-refractivity contribution in [2.75, 3.05) is 11.1 Å². The lowest BCUT2D eigenvalue weighted by atomic mass is 10.00. The molecule has 1 aromatic heterocycles. The van der Waals surface area contributed by atoms with Crippen molar-refractivity contribution in [1.82, 2.24) is 9.55 Å². The van der Waals surface area contributed by atoms with Crippen molar-refractivity contribution < 1.29 is 0 Å². The fraction of sp³-hybridized carbons (Fsp3) is 0.667. The predicted octanol–water partition coefficient (Wildman–Crippen LogP) is 0.646. The highest BCUT2D eigenvalue weighted by molar-refractivity contribution is 5.60. The van der Waals surface area contributed by atoms with E-state index in [-0.39, 0.29) is 11.9 Å². The van der Waals surface area contributed by atoms with Gasteiger partial charge in [0.1, 0.15) is 11.5 Å². The Balaban J connectivity index is 2.26. The third kappa shape index (κ3) is 2.27. The molecule has 1 saturated carbocycles. The Labute approximate surface area is 105 Å². The van der Waals surface area contributed by atoms with Gasteiger partial charge in [-0.1, -0.05) is 12.8 Å². The zero-order valence-electron chi connectivity index (χ0n) is 10.8. The van der Waals surface area contributed by atoms with Crippen LogP contribution in [0.5, 0.6) is 0 Å². The average molecular weight is 252 g/mol. The molecule has 1 fully saturated rings. The first-order valence-corrected chi connectivity index (χ1v) is 6.36. The van der Waals surface area contributed by atoms with Crippen LogP contribution in [0.15, 0.2) is 9.59 Å². The third-order valence-corrected chi connectivity index (χ3v) is 3.85. The minimum absolute atomic E-state index is 0.188. The van der Waals surface area contributed by atoms with Crippen molar-refractivity contribution in [3.63, 3.8) is 0 Å². The van der Waals surface area contributed by atoms with Gasteiger partial charge in [-0.2, -0.15) is 0 Å². The third-order valence-electron chi connectivity index (χ3n) is 3.85. The van der Waals surface area contributed by atoms with E-state index in [1.807, 2.05) is 0 Å². The molecular weight excluding hydrogens is 232 g/mol. The van der Waals surface area contributed by atoms with Gasteiger partial charge in [-0.15, -0.1) is 0 Å². The topological polar surface area (TPSA) is 92.9 Å². The van der Waals surface area contributed by atoms with E-state index in [2.05, 4.69) is 17.2 Å². The molecule has 0 aromatic carbocycles. The second-order valence-corrected chi connectivity index (χ2v) is 5.06. The van der Waals surface area contributed by atoms with E-state index in [9.17, 15) is 9.59 Å². The Morgan fingerprint density at radius 1 is 1.39 bits per heavy atom. The molecule has 4 N–H and O–H groups in total. The summed E-state index contributed by atoms with van der Waals surface area (Å²) in [5.41, 5.74) is 5.18. The molecule has 0 spiro atoms. The quantitative estimate of drug-likeness (QED) is 0.736. The van der Waals surface area contributed by atoms with Crippen LogP contribution >= 0.6 is 0 Å². The Kier molecular flexibility index (Phi) is 3.45. The van der Waals surface area contributed by atoms with Crippen LogP contribution in [-0.2, 0) is 7.05 Å². The molecule has 0 aliphatic heterocycles. The van der Waals surface area contributed by atoms with E-state index in [0.29, 0.717) is 11.6 Å². The Morgan fingerprint density at radius 2 is 2.00 bits per heavy atom. The summed E-state index contributed by atoms with van der Waals surface area (Å²) in [6.07, 6.45) is 4.85. The fourth-order valence-electron chi connectivity index (χ4n) is 2.58. The van der Waals surface area contributed by atoms with Crippen LogP contribution in [0.3, 0.4) is 0 Å². The van der Waals surface area contributed by atoms with Crippen molar-refractivity contribution in [3.05, 3.63) is 20.8 Å². The molecule has 2 rings (SSSR count). The minimum atomic E-state index is -0.489. The molecule has 1 unspecified atom stereocenters. The Bertz CT molecular complexity index is 540. The van der Waals surface area contributed by atoms with E-state index >= 15 is 0 Å². The molecule has 6 nitrogen and oxygen atoms in total. The average Bonchev–Trinajstić information content (AvgIpc) is 2.85. The first-order chi connectivity index (χ1) is 8.50. The summed E-state index contributed by atoms with van der Waals surface area (Å²) in [6, 6.07) is 0.188. The lowest BCUT2D eigenvalue weighted by molar-refractivity contribution is 0.481. The fourth-order valence-corrected chi connectivity index (χ4v) is 2.58. The maximum absolute atomic E-state index is 11.8. The van der Waals surface area contributed by atoms with E-state index < -0.39 is 11.2 Å². The molecule has 1 aliphatic rings. The van der Waals surface area contributed by atoms with Gasteiger partial charge in [-0.3, -0.25) is 14.3 Å². The van der Waals surface area contributed by atoms with Gasteiger partial charge in [0.25, 0.3) is 5.56 Å². The second kappa shape index (κ2) is 4.88. The highest BCUT2D eigenvalue weighted by atomic mass is 16.2. The molecular formula is C12H20N4O2. The summed E-state index contributed by atoms with van der Waals surface area (Å²) in [6.45, 7) is 2.06. The van der Waals surface area contributed by atoms with Crippen molar-refractivity contribution in [1.29, 1.82) is 0 Å². The van der Waals surface area contributed by atoms with Crippen molar-refractivity contribution in [2.24, 2.45) is 13.0 Å². The summed E-state index contributed by atoms with van der Waals surface area (Å²) in [5.74, 6) is 0.759. The lowest BCUT2D eigenvalue weighted by Gasteiger charge is -2.22. The summed E-state index contributed by atoms with van der Waals surface area (Å²) < 4.78 is 1.24. The van der Waals surface area contributed by atoms with Gasteiger partial charge in [-0.25, -0.2) is 4.79 Å². The lowest BCUT2D eigenvalue weighted by Crippen LogP contribution is -2.35. The van der Waals surface area contributed by atoms with Gasteiger partial charge in [0.05, 0.1) is 0 Å². The van der Waals surface area contributed by atoms with Gasteiger partial charge >= 0.3 is 5.69 Å². The maximum atomic E-state index is 11.8. The van der Waals surface area contributed by atoms with Crippen LogP contribution < -0.4 is 22.3 Å². The van der Waals surface area contributed by atoms with Crippen LogP contribution in [0, 0.1) is 5.92 Å². The van der Waals surface area contributed by atoms with E-state index in [4.69, 9.17) is 5.73 Å². The van der Waals surface area contributed by atoms with Crippen LogP contribution in [0.4, 0.5) is 11.5 Å². The highest BCUT2D eigenvalue weighted by Crippen LogP contribution is 2.29. The summed E-state index contributed by atoms with van der Waals surface area (Å²) in [4.78, 5) is 25.4. The summed E-state index contributed by atoms with van der Waals surface area (Å²) in [7, 11) is 1.54. The minimum Gasteiger partial charge on any atom is -0.383 e. The Morgan fingerprint density at radius 3 is 2.61 bits per heavy atom. The Hall–Kier alpha value is -1.72. The maximum Gasteiger partial charge on any atom is 0.329 e.